The number of hydrogen-bond donors (Lipinski definition) is 3. The molecule has 0 aromatic carbocycles. The molecule has 1 saturated heterocycles. The van der Waals surface area contributed by atoms with Gasteiger partial charge in [-0.2, -0.15) is 4.39 Å². The summed E-state index contributed by atoms with van der Waals surface area (Å²) in [6.45, 7) is 2.58. The van der Waals surface area contributed by atoms with Crippen LogP contribution in [-0.2, 0) is 9.47 Å². The van der Waals surface area contributed by atoms with Gasteiger partial charge in [0.15, 0.2) is 6.23 Å². The molecular formula is C14H24F2N2O6. The quantitative estimate of drug-likeness (QED) is 0.698. The van der Waals surface area contributed by atoms with Crippen molar-refractivity contribution in [3.05, 3.63) is 32.9 Å². The number of alkyl halides is 1. The van der Waals surface area contributed by atoms with Crippen molar-refractivity contribution >= 4 is 0 Å². The predicted molar refractivity (Wildman–Crippen MR) is 82.1 cm³/mol. The molecule has 1 aromatic heterocycles. The van der Waals surface area contributed by atoms with E-state index in [1.807, 2.05) is 0 Å². The predicted octanol–water partition coefficient (Wildman–Crippen LogP) is -0.0551. The molecule has 2 rings (SSSR count). The Morgan fingerprint density at radius 3 is 2.50 bits per heavy atom. The number of ether oxygens (including phenoxy) is 2. The van der Waals surface area contributed by atoms with Crippen molar-refractivity contribution in [3.63, 3.8) is 0 Å². The van der Waals surface area contributed by atoms with Crippen LogP contribution < -0.4 is 11.2 Å². The molecule has 0 aliphatic carbocycles. The molecule has 1 aliphatic heterocycles. The van der Waals surface area contributed by atoms with Gasteiger partial charge in [-0.15, -0.1) is 0 Å². The second-order valence-electron chi connectivity index (χ2n) is 4.72. The fraction of sp³-hybridized carbons (Fsp3) is 0.714. The highest BCUT2D eigenvalue weighted by molar-refractivity contribution is 4.91. The second kappa shape index (κ2) is 11.8. The van der Waals surface area contributed by atoms with E-state index in [4.69, 9.17) is 19.7 Å². The van der Waals surface area contributed by atoms with Crippen molar-refractivity contribution in [2.75, 3.05) is 27.4 Å². The first-order valence-electron chi connectivity index (χ1n) is 7.29. The van der Waals surface area contributed by atoms with Gasteiger partial charge in [0.05, 0.1) is 18.9 Å². The zero-order chi connectivity index (χ0) is 18.7. The minimum absolute atomic E-state index is 0.0889. The van der Waals surface area contributed by atoms with Crippen LogP contribution in [0.15, 0.2) is 15.8 Å². The van der Waals surface area contributed by atoms with E-state index in [0.717, 1.165) is 20.1 Å². The van der Waals surface area contributed by atoms with Gasteiger partial charge in [0.2, 0.25) is 5.82 Å². The van der Waals surface area contributed by atoms with Crippen LogP contribution in [0.5, 0.6) is 0 Å². The van der Waals surface area contributed by atoms with Crippen LogP contribution in [0, 0.1) is 5.82 Å². The first-order chi connectivity index (χ1) is 11.4. The molecule has 1 aliphatic rings. The lowest BCUT2D eigenvalue weighted by molar-refractivity contribution is -0.0399. The maximum atomic E-state index is 13.5. The van der Waals surface area contributed by atoms with Gasteiger partial charge >= 0.3 is 5.69 Å². The van der Waals surface area contributed by atoms with Gasteiger partial charge in [0.1, 0.15) is 6.17 Å². The monoisotopic (exact) mass is 354 g/mol. The normalized spacial score (nSPS) is 22.2. The first-order valence-corrected chi connectivity index (χ1v) is 7.29. The summed E-state index contributed by atoms with van der Waals surface area (Å²) in [5, 5.41) is 15.8. The molecule has 3 N–H and O–H groups in total. The van der Waals surface area contributed by atoms with Crippen LogP contribution in [0.4, 0.5) is 8.78 Å². The fourth-order valence-electron chi connectivity index (χ4n) is 1.92. The Morgan fingerprint density at radius 1 is 1.46 bits per heavy atom. The van der Waals surface area contributed by atoms with Crippen molar-refractivity contribution in [3.8, 4) is 0 Å². The highest BCUT2D eigenvalue weighted by Crippen LogP contribution is 2.29. The Morgan fingerprint density at radius 2 is 2.08 bits per heavy atom. The Labute approximate surface area is 137 Å². The van der Waals surface area contributed by atoms with Gasteiger partial charge in [-0.05, 0) is 6.42 Å². The molecule has 2 heterocycles. The summed E-state index contributed by atoms with van der Waals surface area (Å²) < 4.78 is 36.9. The molecule has 3 atom stereocenters. The van der Waals surface area contributed by atoms with Gasteiger partial charge < -0.3 is 19.7 Å². The highest BCUT2D eigenvalue weighted by Gasteiger charge is 2.37. The zero-order valence-electron chi connectivity index (χ0n) is 13.9. The molecule has 0 bridgehead atoms. The molecular weight excluding hydrogens is 330 g/mol. The summed E-state index contributed by atoms with van der Waals surface area (Å²) in [4.78, 5) is 23.8. The summed E-state index contributed by atoms with van der Waals surface area (Å²) in [6.07, 6.45) is -1.98. The second-order valence-corrected chi connectivity index (χ2v) is 4.72. The summed E-state index contributed by atoms with van der Waals surface area (Å²) in [5.41, 5.74) is -2.12. The first kappa shape index (κ1) is 22.4. The lowest BCUT2D eigenvalue weighted by Gasteiger charge is -2.15. The van der Waals surface area contributed by atoms with Gasteiger partial charge in [-0.1, -0.05) is 6.92 Å². The van der Waals surface area contributed by atoms with Crippen LogP contribution in [-0.4, -0.2) is 59.5 Å². The average molecular weight is 354 g/mol. The summed E-state index contributed by atoms with van der Waals surface area (Å²) in [6, 6.07) is 0. The summed E-state index contributed by atoms with van der Waals surface area (Å²) in [7, 11) is 2.71. The molecule has 3 unspecified atom stereocenters. The van der Waals surface area contributed by atoms with Crippen molar-refractivity contribution in [1.82, 2.24) is 9.55 Å². The topological polar surface area (TPSA) is 114 Å². The van der Waals surface area contributed by atoms with E-state index in [2.05, 4.69) is 6.92 Å². The lowest BCUT2D eigenvalue weighted by atomic mass is 10.2. The average Bonchev–Trinajstić information content (AvgIpc) is 2.95. The fourth-order valence-corrected chi connectivity index (χ4v) is 1.92. The van der Waals surface area contributed by atoms with E-state index < -0.39 is 42.2 Å². The summed E-state index contributed by atoms with van der Waals surface area (Å²) >= 11 is 0. The van der Waals surface area contributed by atoms with Gasteiger partial charge in [-0.25, -0.2) is 9.18 Å². The van der Waals surface area contributed by atoms with E-state index in [0.29, 0.717) is 10.8 Å². The number of halogens is 2. The smallest absolute Gasteiger partial charge is 0.330 e. The van der Waals surface area contributed by atoms with Gasteiger partial charge in [0, 0.05) is 27.2 Å². The molecule has 1 aromatic rings. The number of aliphatic hydroxyl groups excluding tert-OH is 2. The number of aromatic nitrogens is 2. The van der Waals surface area contributed by atoms with E-state index >= 15 is 0 Å². The third-order valence-corrected chi connectivity index (χ3v) is 2.94. The highest BCUT2D eigenvalue weighted by atomic mass is 19.1. The minimum Gasteiger partial charge on any atom is -0.400 e. The van der Waals surface area contributed by atoms with Crippen molar-refractivity contribution in [2.24, 2.45) is 0 Å². The SMILES string of the molecule is CCCOC.CO.O=c1[nH]c(=O)n(C2OC(CO)CC2F)cc1F. The van der Waals surface area contributed by atoms with E-state index in [1.54, 1.807) is 12.1 Å². The van der Waals surface area contributed by atoms with Crippen molar-refractivity contribution < 1.29 is 28.5 Å². The van der Waals surface area contributed by atoms with E-state index in [9.17, 15) is 18.4 Å². The number of nitrogens with one attached hydrogen (secondary N) is 1. The van der Waals surface area contributed by atoms with Gasteiger partial charge in [0.25, 0.3) is 5.56 Å². The van der Waals surface area contributed by atoms with E-state index in [1.165, 1.54) is 0 Å². The van der Waals surface area contributed by atoms with Crippen molar-refractivity contribution in [2.45, 2.75) is 38.3 Å². The number of rotatable bonds is 4. The number of aliphatic hydroxyl groups is 2. The molecule has 140 valence electrons. The number of nitrogens with zero attached hydrogens (tertiary/aromatic N) is 1. The molecule has 8 nitrogen and oxygen atoms in total. The van der Waals surface area contributed by atoms with Crippen LogP contribution in [0.3, 0.4) is 0 Å². The third-order valence-electron chi connectivity index (χ3n) is 2.94. The Hall–Kier alpha value is -1.62. The Bertz CT molecular complexity index is 575. The molecule has 24 heavy (non-hydrogen) atoms. The largest absolute Gasteiger partial charge is 0.400 e. The number of hydrogen-bond acceptors (Lipinski definition) is 6. The summed E-state index contributed by atoms with van der Waals surface area (Å²) in [5.74, 6) is -1.20. The lowest BCUT2D eigenvalue weighted by Crippen LogP contribution is -2.36. The Balaban J connectivity index is 0.000000650. The van der Waals surface area contributed by atoms with Crippen LogP contribution in [0.25, 0.3) is 0 Å². The molecule has 0 saturated carbocycles. The van der Waals surface area contributed by atoms with Crippen LogP contribution in [0.1, 0.15) is 26.0 Å². The van der Waals surface area contributed by atoms with Gasteiger partial charge in [-0.3, -0.25) is 14.3 Å². The maximum Gasteiger partial charge on any atom is 0.330 e. The molecule has 1 fully saturated rings. The van der Waals surface area contributed by atoms with Crippen LogP contribution >= 0.6 is 0 Å². The molecule has 0 spiro atoms. The van der Waals surface area contributed by atoms with Crippen LogP contribution in [0.2, 0.25) is 0 Å². The third kappa shape index (κ3) is 6.48. The number of aromatic amines is 1. The Kier molecular flexibility index (Phi) is 11.0. The molecule has 0 amide bonds. The molecule has 10 heteroatoms. The maximum absolute atomic E-state index is 13.5. The molecule has 0 radical (unpaired) electrons. The number of H-pyrrole nitrogens is 1. The van der Waals surface area contributed by atoms with E-state index in [-0.39, 0.29) is 6.42 Å². The standard InChI is InChI=1S/C9H10F2N2O4.C4H10O.CH4O/c10-5-1-4(3-14)17-8(5)13-2-6(11)7(15)12-9(13)16;1-3-4-5-2;1-2/h2,4-5,8,14H,1,3H2,(H,12,15,16);3-4H2,1-2H3;2H,1H3. The minimum atomic E-state index is -1.55. The zero-order valence-corrected chi connectivity index (χ0v) is 13.9. The van der Waals surface area contributed by atoms with Crippen molar-refractivity contribution in [1.29, 1.82) is 0 Å². The number of methoxy groups -OCH3 is 1.